The normalized spacial score (nSPS) is 16.7. The van der Waals surface area contributed by atoms with E-state index in [0.717, 1.165) is 43.9 Å². The minimum Gasteiger partial charge on any atom is -0.464 e. The Balaban J connectivity index is 1.54. The van der Waals surface area contributed by atoms with Crippen LogP contribution in [-0.4, -0.2) is 43.2 Å². The molecule has 26 heavy (non-hydrogen) atoms. The Morgan fingerprint density at radius 3 is 2.77 bits per heavy atom. The van der Waals surface area contributed by atoms with Crippen molar-refractivity contribution in [2.75, 3.05) is 26.2 Å². The standard InChI is InChI=1S/C21H28N2O3/c1-17-9-10-20(26-17)16-23(12-11-18-6-3-2-4-7-18)21(24)15-22-14-19-8-5-13-25-19/h2-4,6-7,9-10,19,22H,5,8,11-16H2,1H3/t19-/m0/s1. The van der Waals surface area contributed by atoms with Gasteiger partial charge in [-0.05, 0) is 43.9 Å². The Morgan fingerprint density at radius 1 is 1.23 bits per heavy atom. The van der Waals surface area contributed by atoms with Gasteiger partial charge in [-0.15, -0.1) is 0 Å². The SMILES string of the molecule is Cc1ccc(CN(CCc2ccccc2)C(=O)CNC[C@@H]2CCCO2)o1. The predicted molar refractivity (Wildman–Crippen MR) is 101 cm³/mol. The number of amides is 1. The molecule has 1 aliphatic rings. The van der Waals surface area contributed by atoms with Gasteiger partial charge in [-0.25, -0.2) is 0 Å². The molecule has 1 amide bonds. The van der Waals surface area contributed by atoms with Crippen molar-refractivity contribution < 1.29 is 13.9 Å². The lowest BCUT2D eigenvalue weighted by atomic mass is 10.1. The molecule has 1 saturated heterocycles. The van der Waals surface area contributed by atoms with Gasteiger partial charge < -0.3 is 19.4 Å². The van der Waals surface area contributed by atoms with Crippen LogP contribution in [0.3, 0.4) is 0 Å². The average Bonchev–Trinajstić information content (AvgIpc) is 3.31. The summed E-state index contributed by atoms with van der Waals surface area (Å²) < 4.78 is 11.3. The number of carbonyl (C=O) groups excluding carboxylic acids is 1. The molecule has 1 aromatic heterocycles. The summed E-state index contributed by atoms with van der Waals surface area (Å²) in [4.78, 5) is 14.6. The molecule has 5 heteroatoms. The van der Waals surface area contributed by atoms with Crippen molar-refractivity contribution in [1.29, 1.82) is 0 Å². The molecule has 1 N–H and O–H groups in total. The molecule has 0 spiro atoms. The van der Waals surface area contributed by atoms with Crippen LogP contribution in [0.1, 0.15) is 29.9 Å². The quantitative estimate of drug-likeness (QED) is 0.751. The highest BCUT2D eigenvalue weighted by atomic mass is 16.5. The molecule has 0 radical (unpaired) electrons. The Hall–Kier alpha value is -2.11. The van der Waals surface area contributed by atoms with Crippen molar-refractivity contribution in [2.24, 2.45) is 0 Å². The Labute approximate surface area is 155 Å². The number of carbonyl (C=O) groups is 1. The number of nitrogens with one attached hydrogen (secondary N) is 1. The number of hydrogen-bond acceptors (Lipinski definition) is 4. The van der Waals surface area contributed by atoms with Crippen LogP contribution in [0.4, 0.5) is 0 Å². The summed E-state index contributed by atoms with van der Waals surface area (Å²) in [6.45, 7) is 4.99. The van der Waals surface area contributed by atoms with E-state index in [1.165, 1.54) is 5.56 Å². The minimum absolute atomic E-state index is 0.0907. The van der Waals surface area contributed by atoms with E-state index < -0.39 is 0 Å². The molecule has 5 nitrogen and oxygen atoms in total. The monoisotopic (exact) mass is 356 g/mol. The highest BCUT2D eigenvalue weighted by Crippen LogP contribution is 2.12. The van der Waals surface area contributed by atoms with Gasteiger partial charge in [0.25, 0.3) is 0 Å². The summed E-state index contributed by atoms with van der Waals surface area (Å²) >= 11 is 0. The van der Waals surface area contributed by atoms with Gasteiger partial charge in [-0.3, -0.25) is 4.79 Å². The van der Waals surface area contributed by atoms with Crippen molar-refractivity contribution in [3.05, 3.63) is 59.5 Å². The van der Waals surface area contributed by atoms with Crippen LogP contribution in [-0.2, 0) is 22.5 Å². The first-order valence-electron chi connectivity index (χ1n) is 9.40. The first-order chi connectivity index (χ1) is 12.7. The van der Waals surface area contributed by atoms with Gasteiger partial charge in [-0.1, -0.05) is 30.3 Å². The van der Waals surface area contributed by atoms with Crippen LogP contribution in [0.25, 0.3) is 0 Å². The Morgan fingerprint density at radius 2 is 2.08 bits per heavy atom. The van der Waals surface area contributed by atoms with Gasteiger partial charge in [0.15, 0.2) is 0 Å². The smallest absolute Gasteiger partial charge is 0.236 e. The van der Waals surface area contributed by atoms with Gasteiger partial charge in [0.2, 0.25) is 5.91 Å². The number of rotatable bonds is 9. The number of furan rings is 1. The topological polar surface area (TPSA) is 54.7 Å². The summed E-state index contributed by atoms with van der Waals surface area (Å²) in [6.07, 6.45) is 3.26. The molecule has 1 fully saturated rings. The van der Waals surface area contributed by atoms with Gasteiger partial charge in [0.1, 0.15) is 11.5 Å². The fourth-order valence-electron chi connectivity index (χ4n) is 3.22. The number of hydrogen-bond donors (Lipinski definition) is 1. The molecule has 0 bridgehead atoms. The first-order valence-corrected chi connectivity index (χ1v) is 9.40. The van der Waals surface area contributed by atoms with E-state index in [0.29, 0.717) is 19.6 Å². The van der Waals surface area contributed by atoms with E-state index in [4.69, 9.17) is 9.15 Å². The highest BCUT2D eigenvalue weighted by Gasteiger charge is 2.18. The van der Waals surface area contributed by atoms with Gasteiger partial charge in [0, 0.05) is 19.7 Å². The molecule has 1 aliphatic heterocycles. The van der Waals surface area contributed by atoms with Crippen LogP contribution in [0, 0.1) is 6.92 Å². The van der Waals surface area contributed by atoms with E-state index in [1.54, 1.807) is 0 Å². The van der Waals surface area contributed by atoms with Gasteiger partial charge in [-0.2, -0.15) is 0 Å². The molecule has 1 aromatic carbocycles. The van der Waals surface area contributed by atoms with Crippen LogP contribution in [0.5, 0.6) is 0 Å². The summed E-state index contributed by atoms with van der Waals surface area (Å²) in [5.74, 6) is 1.78. The zero-order valence-electron chi connectivity index (χ0n) is 15.4. The fraction of sp³-hybridized carbons (Fsp3) is 0.476. The van der Waals surface area contributed by atoms with E-state index in [2.05, 4.69) is 17.4 Å². The van der Waals surface area contributed by atoms with Crippen LogP contribution in [0.15, 0.2) is 46.9 Å². The molecule has 0 saturated carbocycles. The minimum atomic E-state index is 0.0907. The number of ether oxygens (including phenoxy) is 1. The van der Waals surface area contributed by atoms with Crippen LogP contribution < -0.4 is 5.32 Å². The largest absolute Gasteiger partial charge is 0.464 e. The number of nitrogens with zero attached hydrogens (tertiary/aromatic N) is 1. The molecule has 3 rings (SSSR count). The molecule has 2 heterocycles. The first kappa shape index (κ1) is 18.7. The molecule has 0 aliphatic carbocycles. The second-order valence-electron chi connectivity index (χ2n) is 6.83. The van der Waals surface area contributed by atoms with E-state index >= 15 is 0 Å². The van der Waals surface area contributed by atoms with Crippen molar-refractivity contribution in [3.8, 4) is 0 Å². The summed E-state index contributed by atoms with van der Waals surface area (Å²) in [5, 5.41) is 3.25. The number of aryl methyl sites for hydroxylation is 1. The Bertz CT molecular complexity index is 678. The lowest BCUT2D eigenvalue weighted by molar-refractivity contribution is -0.131. The van der Waals surface area contributed by atoms with Crippen molar-refractivity contribution in [3.63, 3.8) is 0 Å². The van der Waals surface area contributed by atoms with Crippen molar-refractivity contribution in [2.45, 2.75) is 38.8 Å². The van der Waals surface area contributed by atoms with Crippen LogP contribution >= 0.6 is 0 Å². The lowest BCUT2D eigenvalue weighted by Gasteiger charge is -2.22. The van der Waals surface area contributed by atoms with Gasteiger partial charge >= 0.3 is 0 Å². The second kappa shape index (κ2) is 9.55. The summed E-state index contributed by atoms with van der Waals surface area (Å²) in [5.41, 5.74) is 1.23. The summed E-state index contributed by atoms with van der Waals surface area (Å²) in [7, 11) is 0. The maximum atomic E-state index is 12.7. The molecule has 0 unspecified atom stereocenters. The zero-order chi connectivity index (χ0) is 18.2. The van der Waals surface area contributed by atoms with Crippen molar-refractivity contribution >= 4 is 5.91 Å². The Kier molecular flexibility index (Phi) is 6.86. The maximum absolute atomic E-state index is 12.7. The van der Waals surface area contributed by atoms with E-state index in [1.807, 2.05) is 42.2 Å². The molecular weight excluding hydrogens is 328 g/mol. The van der Waals surface area contributed by atoms with E-state index in [-0.39, 0.29) is 12.0 Å². The van der Waals surface area contributed by atoms with Crippen molar-refractivity contribution in [1.82, 2.24) is 10.2 Å². The average molecular weight is 356 g/mol. The molecule has 1 atom stereocenters. The zero-order valence-corrected chi connectivity index (χ0v) is 15.4. The third-order valence-electron chi connectivity index (χ3n) is 4.68. The lowest BCUT2D eigenvalue weighted by Crippen LogP contribution is -2.40. The van der Waals surface area contributed by atoms with Gasteiger partial charge in [0.05, 0.1) is 19.2 Å². The van der Waals surface area contributed by atoms with Crippen LogP contribution in [0.2, 0.25) is 0 Å². The highest BCUT2D eigenvalue weighted by molar-refractivity contribution is 5.78. The molecule has 140 valence electrons. The third-order valence-corrected chi connectivity index (χ3v) is 4.68. The van der Waals surface area contributed by atoms with E-state index in [9.17, 15) is 4.79 Å². The second-order valence-corrected chi connectivity index (χ2v) is 6.83. The third kappa shape index (κ3) is 5.71. The predicted octanol–water partition coefficient (Wildman–Crippen LogP) is 2.93. The molecule has 2 aromatic rings. The maximum Gasteiger partial charge on any atom is 0.236 e. The number of benzene rings is 1. The molecular formula is C21H28N2O3. The fourth-order valence-corrected chi connectivity index (χ4v) is 3.22. The summed E-state index contributed by atoms with van der Waals surface area (Å²) in [6, 6.07) is 14.1.